The number of alkyl halides is 3. The number of nitrogens with one attached hydrogen (secondary N) is 1. The molecule has 1 aromatic carbocycles. The van der Waals surface area contributed by atoms with Crippen molar-refractivity contribution in [2.75, 3.05) is 19.3 Å². The first kappa shape index (κ1) is 29.1. The van der Waals surface area contributed by atoms with Crippen molar-refractivity contribution in [2.45, 2.75) is 55.0 Å². The SMILES string of the molecule is CC(C)(C1CCN(C(=O)[C@H](Cc2ccccn2)NS(C)(=O)=O)CC1)S(=O)(=O)c1cccc(C(F)(F)F)c1. The normalized spacial score (nSPS) is 17.0. The third-order valence-electron chi connectivity index (χ3n) is 6.75. The Morgan fingerprint density at radius 2 is 1.73 bits per heavy atom. The highest BCUT2D eigenvalue weighted by Crippen LogP contribution is 2.39. The van der Waals surface area contributed by atoms with Crippen molar-refractivity contribution < 1.29 is 34.8 Å². The number of carbonyl (C=O) groups excluding carboxylic acids is 1. The van der Waals surface area contributed by atoms with E-state index in [9.17, 15) is 34.8 Å². The molecule has 0 saturated carbocycles. The van der Waals surface area contributed by atoms with Crippen LogP contribution in [-0.2, 0) is 37.3 Å². The number of nitrogens with zero attached hydrogens (tertiary/aromatic N) is 2. The maximum Gasteiger partial charge on any atom is 0.416 e. The number of benzene rings is 1. The molecule has 8 nitrogen and oxygen atoms in total. The van der Waals surface area contributed by atoms with Crippen molar-refractivity contribution in [2.24, 2.45) is 5.92 Å². The molecular weight excluding hydrogens is 531 g/mol. The molecule has 0 bridgehead atoms. The molecule has 1 amide bonds. The second-order valence-electron chi connectivity index (χ2n) is 9.70. The lowest BCUT2D eigenvalue weighted by Gasteiger charge is -2.41. The summed E-state index contributed by atoms with van der Waals surface area (Å²) < 4.78 is 91.0. The topological polar surface area (TPSA) is 114 Å². The van der Waals surface area contributed by atoms with Gasteiger partial charge in [-0.15, -0.1) is 0 Å². The van der Waals surface area contributed by atoms with E-state index in [1.165, 1.54) is 24.9 Å². The molecule has 1 aromatic heterocycles. The summed E-state index contributed by atoms with van der Waals surface area (Å²) in [6.45, 7) is 3.32. The van der Waals surface area contributed by atoms with E-state index >= 15 is 0 Å². The van der Waals surface area contributed by atoms with E-state index in [4.69, 9.17) is 0 Å². The molecule has 1 fully saturated rings. The highest BCUT2D eigenvalue weighted by molar-refractivity contribution is 7.92. The first-order chi connectivity index (χ1) is 17.0. The van der Waals surface area contributed by atoms with Crippen LogP contribution < -0.4 is 4.72 Å². The van der Waals surface area contributed by atoms with E-state index in [0.717, 1.165) is 24.5 Å². The molecule has 1 atom stereocenters. The van der Waals surface area contributed by atoms with Crippen molar-refractivity contribution in [1.29, 1.82) is 0 Å². The Kier molecular flexibility index (Phi) is 8.40. The molecule has 0 unspecified atom stereocenters. The summed E-state index contributed by atoms with van der Waals surface area (Å²) >= 11 is 0. The quantitative estimate of drug-likeness (QED) is 0.530. The summed E-state index contributed by atoms with van der Waals surface area (Å²) in [5.74, 6) is -0.888. The molecule has 13 heteroatoms. The van der Waals surface area contributed by atoms with Gasteiger partial charge in [-0.1, -0.05) is 12.1 Å². The lowest BCUT2D eigenvalue weighted by Crippen LogP contribution is -2.53. The van der Waals surface area contributed by atoms with Crippen LogP contribution in [0.15, 0.2) is 53.6 Å². The fourth-order valence-corrected chi connectivity index (χ4v) is 7.07. The smallest absolute Gasteiger partial charge is 0.341 e. The monoisotopic (exact) mass is 561 g/mol. The van der Waals surface area contributed by atoms with E-state index < -0.39 is 59.1 Å². The van der Waals surface area contributed by atoms with Crippen LogP contribution in [0.2, 0.25) is 0 Å². The van der Waals surface area contributed by atoms with Gasteiger partial charge in [0.15, 0.2) is 9.84 Å². The summed E-state index contributed by atoms with van der Waals surface area (Å²) in [6.07, 6.45) is -1.57. The number of piperidine rings is 1. The van der Waals surface area contributed by atoms with Gasteiger partial charge in [-0.2, -0.15) is 13.2 Å². The van der Waals surface area contributed by atoms with Crippen LogP contribution in [0.3, 0.4) is 0 Å². The number of sulfonamides is 1. The van der Waals surface area contributed by atoms with Gasteiger partial charge in [0.2, 0.25) is 15.9 Å². The molecule has 2 aromatic rings. The summed E-state index contributed by atoms with van der Waals surface area (Å²) in [7, 11) is -7.85. The number of pyridine rings is 1. The molecule has 0 spiro atoms. The molecule has 0 aliphatic carbocycles. The zero-order valence-electron chi connectivity index (χ0n) is 20.7. The first-order valence-corrected chi connectivity index (χ1v) is 15.0. The van der Waals surface area contributed by atoms with Crippen LogP contribution in [0.4, 0.5) is 13.2 Å². The molecule has 1 N–H and O–H groups in total. The van der Waals surface area contributed by atoms with Gasteiger partial charge in [0.1, 0.15) is 6.04 Å². The minimum absolute atomic E-state index is 0.0437. The maximum absolute atomic E-state index is 13.4. The Bertz CT molecular complexity index is 1320. The Hall–Kier alpha value is -2.51. The van der Waals surface area contributed by atoms with Gasteiger partial charge in [-0.3, -0.25) is 9.78 Å². The van der Waals surface area contributed by atoms with Gasteiger partial charge in [0.25, 0.3) is 0 Å². The number of likely N-dealkylation sites (tertiary alicyclic amines) is 1. The van der Waals surface area contributed by atoms with Crippen LogP contribution in [-0.4, -0.2) is 62.8 Å². The molecule has 37 heavy (non-hydrogen) atoms. The van der Waals surface area contributed by atoms with Crippen LogP contribution in [0, 0.1) is 5.92 Å². The van der Waals surface area contributed by atoms with Gasteiger partial charge >= 0.3 is 6.18 Å². The van der Waals surface area contributed by atoms with E-state index in [1.807, 2.05) is 0 Å². The first-order valence-electron chi connectivity index (χ1n) is 11.6. The van der Waals surface area contributed by atoms with Gasteiger partial charge < -0.3 is 4.90 Å². The lowest BCUT2D eigenvalue weighted by atomic mass is 9.85. The van der Waals surface area contributed by atoms with Crippen LogP contribution in [0.1, 0.15) is 37.9 Å². The molecule has 1 saturated heterocycles. The van der Waals surface area contributed by atoms with E-state index in [1.54, 1.807) is 18.2 Å². The van der Waals surface area contributed by atoms with Gasteiger partial charge in [-0.25, -0.2) is 21.6 Å². The van der Waals surface area contributed by atoms with E-state index in [0.29, 0.717) is 11.8 Å². The molecular formula is C24H30F3N3O5S2. The predicted molar refractivity (Wildman–Crippen MR) is 132 cm³/mol. The minimum atomic E-state index is -4.67. The zero-order valence-corrected chi connectivity index (χ0v) is 22.3. The highest BCUT2D eigenvalue weighted by atomic mass is 32.2. The second-order valence-corrected chi connectivity index (χ2v) is 14.0. The Morgan fingerprint density at radius 1 is 1.08 bits per heavy atom. The molecule has 3 rings (SSSR count). The summed E-state index contributed by atoms with van der Waals surface area (Å²) in [5.41, 5.74) is -0.512. The fraction of sp³-hybridized carbons (Fsp3) is 0.500. The third-order valence-corrected chi connectivity index (χ3v) is 10.1. The predicted octanol–water partition coefficient (Wildman–Crippen LogP) is 3.05. The minimum Gasteiger partial charge on any atom is -0.341 e. The van der Waals surface area contributed by atoms with Gasteiger partial charge in [0, 0.05) is 31.4 Å². The number of aromatic nitrogens is 1. The zero-order chi connectivity index (χ0) is 27.6. The van der Waals surface area contributed by atoms with Gasteiger partial charge in [0.05, 0.1) is 21.5 Å². The lowest BCUT2D eigenvalue weighted by molar-refractivity contribution is -0.137. The summed E-state index contributed by atoms with van der Waals surface area (Å²) in [5, 5.41) is 0. The van der Waals surface area contributed by atoms with Crippen molar-refractivity contribution in [3.63, 3.8) is 0 Å². The number of hydrogen-bond donors (Lipinski definition) is 1. The standard InChI is InChI=1S/C24H30F3N3O5S2/c1-23(2,37(34,35)20-9-6-7-18(15-20)24(25,26)27)17-10-13-30(14-11-17)22(31)21(29-36(3,32)33)16-19-8-4-5-12-28-19/h4-9,12,15,17,21,29H,10-11,13-14,16H2,1-3H3/t21-/m0/s1. The average molecular weight is 562 g/mol. The number of amides is 1. The van der Waals surface area contributed by atoms with E-state index in [2.05, 4.69) is 9.71 Å². The Labute approximate surface area is 215 Å². The molecule has 204 valence electrons. The summed E-state index contributed by atoms with van der Waals surface area (Å²) in [4.78, 5) is 18.5. The molecule has 1 aliphatic heterocycles. The fourth-order valence-electron chi connectivity index (χ4n) is 4.54. The number of rotatable bonds is 8. The van der Waals surface area contributed by atoms with Crippen molar-refractivity contribution >= 4 is 25.8 Å². The van der Waals surface area contributed by atoms with Crippen LogP contribution in [0.25, 0.3) is 0 Å². The Balaban J connectivity index is 1.75. The molecule has 0 radical (unpaired) electrons. The van der Waals surface area contributed by atoms with Crippen molar-refractivity contribution in [3.05, 3.63) is 59.9 Å². The number of halogens is 3. The average Bonchev–Trinajstić information content (AvgIpc) is 2.82. The number of hydrogen-bond acceptors (Lipinski definition) is 6. The van der Waals surface area contributed by atoms with Crippen molar-refractivity contribution in [1.82, 2.24) is 14.6 Å². The Morgan fingerprint density at radius 3 is 2.27 bits per heavy atom. The molecule has 1 aliphatic rings. The number of carbonyl (C=O) groups is 1. The maximum atomic E-state index is 13.4. The summed E-state index contributed by atoms with van der Waals surface area (Å²) in [6, 6.07) is 7.72. The van der Waals surface area contributed by atoms with Crippen LogP contribution >= 0.6 is 0 Å². The van der Waals surface area contributed by atoms with E-state index in [-0.39, 0.29) is 32.4 Å². The highest BCUT2D eigenvalue weighted by Gasteiger charge is 2.45. The van der Waals surface area contributed by atoms with Crippen molar-refractivity contribution in [3.8, 4) is 0 Å². The second kappa shape index (κ2) is 10.7. The third kappa shape index (κ3) is 6.88. The van der Waals surface area contributed by atoms with Crippen LogP contribution in [0.5, 0.6) is 0 Å². The largest absolute Gasteiger partial charge is 0.416 e. The number of sulfone groups is 1. The molecule has 2 heterocycles. The van der Waals surface area contributed by atoms with Gasteiger partial charge in [-0.05, 0) is 62.9 Å².